The molecule has 0 aliphatic rings. The van der Waals surface area contributed by atoms with E-state index >= 15 is 0 Å². The molecule has 92 valence electrons. The first-order chi connectivity index (χ1) is 8.54. The van der Waals surface area contributed by atoms with Gasteiger partial charge in [-0.25, -0.2) is 0 Å². The summed E-state index contributed by atoms with van der Waals surface area (Å²) in [6.45, 7) is 3.94. The van der Waals surface area contributed by atoms with E-state index in [4.69, 9.17) is 0 Å². The fraction of sp³-hybridized carbons (Fsp3) is 0.0667. The maximum absolute atomic E-state index is 9.41. The van der Waals surface area contributed by atoms with Crippen molar-refractivity contribution in [3.63, 3.8) is 0 Å². The Balaban J connectivity index is 2.19. The number of rotatable bonds is 3. The Labute approximate surface area is 105 Å². The number of phenols is 3. The molecule has 0 amide bonds. The summed E-state index contributed by atoms with van der Waals surface area (Å²) in [5, 5.41) is 28.0. The van der Waals surface area contributed by atoms with E-state index in [0.717, 1.165) is 11.1 Å². The van der Waals surface area contributed by atoms with E-state index in [1.54, 1.807) is 24.3 Å². The summed E-state index contributed by atoms with van der Waals surface area (Å²) in [5.41, 5.74) is 2.48. The Morgan fingerprint density at radius 1 is 0.833 bits per heavy atom. The van der Waals surface area contributed by atoms with E-state index in [-0.39, 0.29) is 17.2 Å². The zero-order chi connectivity index (χ0) is 13.1. The van der Waals surface area contributed by atoms with Crippen LogP contribution >= 0.6 is 0 Å². The van der Waals surface area contributed by atoms with Gasteiger partial charge in [0.15, 0.2) is 0 Å². The number of allylic oxidation sites excluding steroid dienone is 1. The minimum atomic E-state index is 0.0110. The van der Waals surface area contributed by atoms with Crippen molar-refractivity contribution >= 4 is 5.57 Å². The summed E-state index contributed by atoms with van der Waals surface area (Å²) in [6, 6.07) is 11.2. The van der Waals surface area contributed by atoms with Crippen LogP contribution in [0.25, 0.3) is 5.57 Å². The van der Waals surface area contributed by atoms with Gasteiger partial charge in [0.05, 0.1) is 0 Å². The maximum atomic E-state index is 9.41. The topological polar surface area (TPSA) is 60.7 Å². The Morgan fingerprint density at radius 3 is 1.94 bits per heavy atom. The van der Waals surface area contributed by atoms with Crippen LogP contribution in [0.4, 0.5) is 0 Å². The largest absolute Gasteiger partial charge is 0.508 e. The van der Waals surface area contributed by atoms with E-state index in [1.165, 1.54) is 6.07 Å². The maximum Gasteiger partial charge on any atom is 0.119 e. The van der Waals surface area contributed by atoms with Gasteiger partial charge in [0.2, 0.25) is 0 Å². The first-order valence-corrected chi connectivity index (χ1v) is 5.53. The fourth-order valence-electron chi connectivity index (χ4n) is 1.76. The molecule has 3 N–H and O–H groups in total. The molecule has 2 rings (SSSR count). The third kappa shape index (κ3) is 2.83. The molecule has 2 aromatic carbocycles. The highest BCUT2D eigenvalue weighted by Gasteiger charge is 2.04. The molecule has 0 radical (unpaired) electrons. The van der Waals surface area contributed by atoms with Crippen molar-refractivity contribution in [3.8, 4) is 17.2 Å². The van der Waals surface area contributed by atoms with Gasteiger partial charge in [-0.1, -0.05) is 18.7 Å². The van der Waals surface area contributed by atoms with Gasteiger partial charge in [-0.2, -0.15) is 0 Å². The fourth-order valence-corrected chi connectivity index (χ4v) is 1.76. The molecule has 0 bridgehead atoms. The molecule has 0 aliphatic carbocycles. The third-order valence-corrected chi connectivity index (χ3v) is 2.66. The zero-order valence-corrected chi connectivity index (χ0v) is 9.80. The summed E-state index contributed by atoms with van der Waals surface area (Å²) < 4.78 is 0. The summed E-state index contributed by atoms with van der Waals surface area (Å²) in [6.07, 6.45) is 0.586. The van der Waals surface area contributed by atoms with Crippen LogP contribution in [-0.4, -0.2) is 15.3 Å². The van der Waals surface area contributed by atoms with E-state index in [1.807, 2.05) is 12.1 Å². The minimum Gasteiger partial charge on any atom is -0.508 e. The lowest BCUT2D eigenvalue weighted by molar-refractivity contribution is 0.450. The Kier molecular flexibility index (Phi) is 3.24. The van der Waals surface area contributed by atoms with Crippen LogP contribution in [0.15, 0.2) is 49.0 Å². The molecular weight excluding hydrogens is 228 g/mol. The summed E-state index contributed by atoms with van der Waals surface area (Å²) in [4.78, 5) is 0. The van der Waals surface area contributed by atoms with Gasteiger partial charge < -0.3 is 15.3 Å². The molecule has 0 atom stereocenters. The van der Waals surface area contributed by atoms with Crippen molar-refractivity contribution in [3.05, 3.63) is 60.2 Å². The van der Waals surface area contributed by atoms with Gasteiger partial charge in [0.1, 0.15) is 17.2 Å². The van der Waals surface area contributed by atoms with Crippen LogP contribution in [0.3, 0.4) is 0 Å². The number of hydrogen-bond donors (Lipinski definition) is 3. The van der Waals surface area contributed by atoms with Gasteiger partial charge in [0, 0.05) is 6.07 Å². The standard InChI is InChI=1S/C15H14O3/c1-10(6-11-2-4-13(16)5-3-11)12-7-14(17)9-15(18)8-12/h2-5,7-9,16-18H,1,6H2. The Bertz CT molecular complexity index is 551. The van der Waals surface area contributed by atoms with Crippen LogP contribution in [0.5, 0.6) is 17.2 Å². The lowest BCUT2D eigenvalue weighted by Crippen LogP contribution is -1.89. The quantitative estimate of drug-likeness (QED) is 0.775. The predicted molar refractivity (Wildman–Crippen MR) is 70.6 cm³/mol. The van der Waals surface area contributed by atoms with Crippen molar-refractivity contribution in [2.75, 3.05) is 0 Å². The molecule has 0 fully saturated rings. The Morgan fingerprint density at radius 2 is 1.39 bits per heavy atom. The average molecular weight is 242 g/mol. The molecule has 0 saturated heterocycles. The first-order valence-electron chi connectivity index (χ1n) is 5.53. The number of hydrogen-bond acceptors (Lipinski definition) is 3. The predicted octanol–water partition coefficient (Wildman–Crippen LogP) is 3.06. The number of phenolic OH excluding ortho intramolecular Hbond substituents is 3. The minimum absolute atomic E-state index is 0.0110. The zero-order valence-electron chi connectivity index (χ0n) is 9.80. The molecule has 0 heterocycles. The molecule has 0 spiro atoms. The van der Waals surface area contributed by atoms with E-state index in [0.29, 0.717) is 12.0 Å². The monoisotopic (exact) mass is 242 g/mol. The highest BCUT2D eigenvalue weighted by molar-refractivity contribution is 5.68. The van der Waals surface area contributed by atoms with Crippen molar-refractivity contribution in [2.24, 2.45) is 0 Å². The molecule has 18 heavy (non-hydrogen) atoms. The van der Waals surface area contributed by atoms with Crippen LogP contribution in [0.2, 0.25) is 0 Å². The second-order valence-electron chi connectivity index (χ2n) is 4.18. The average Bonchev–Trinajstić information content (AvgIpc) is 2.31. The molecular formula is C15H14O3. The van der Waals surface area contributed by atoms with Crippen molar-refractivity contribution in [2.45, 2.75) is 6.42 Å². The van der Waals surface area contributed by atoms with Crippen LogP contribution < -0.4 is 0 Å². The number of benzene rings is 2. The molecule has 2 aromatic rings. The van der Waals surface area contributed by atoms with Crippen molar-refractivity contribution in [1.29, 1.82) is 0 Å². The third-order valence-electron chi connectivity index (χ3n) is 2.66. The Hall–Kier alpha value is -2.42. The normalized spacial score (nSPS) is 10.2. The van der Waals surface area contributed by atoms with Crippen LogP contribution in [0, 0.1) is 0 Å². The highest BCUT2D eigenvalue weighted by Crippen LogP contribution is 2.27. The number of aromatic hydroxyl groups is 3. The van der Waals surface area contributed by atoms with E-state index < -0.39 is 0 Å². The SMILES string of the molecule is C=C(Cc1ccc(O)cc1)c1cc(O)cc(O)c1. The molecule has 0 unspecified atom stereocenters. The molecule has 3 nitrogen and oxygen atoms in total. The van der Waals surface area contributed by atoms with Crippen molar-refractivity contribution < 1.29 is 15.3 Å². The summed E-state index contributed by atoms with van der Waals surface area (Å²) >= 11 is 0. The van der Waals surface area contributed by atoms with Crippen LogP contribution in [0.1, 0.15) is 11.1 Å². The lowest BCUT2D eigenvalue weighted by Gasteiger charge is -2.08. The van der Waals surface area contributed by atoms with Gasteiger partial charge in [0.25, 0.3) is 0 Å². The summed E-state index contributed by atoms with van der Waals surface area (Å²) in [5.74, 6) is 0.244. The molecule has 0 aliphatic heterocycles. The van der Waals surface area contributed by atoms with Crippen LogP contribution in [-0.2, 0) is 6.42 Å². The molecule has 3 heteroatoms. The van der Waals surface area contributed by atoms with Gasteiger partial charge >= 0.3 is 0 Å². The first kappa shape index (κ1) is 12.0. The van der Waals surface area contributed by atoms with Gasteiger partial charge in [-0.15, -0.1) is 0 Å². The lowest BCUT2D eigenvalue weighted by atomic mass is 9.99. The smallest absolute Gasteiger partial charge is 0.119 e. The van der Waals surface area contributed by atoms with Crippen molar-refractivity contribution in [1.82, 2.24) is 0 Å². The molecule has 0 saturated carbocycles. The van der Waals surface area contributed by atoms with Gasteiger partial charge in [-0.05, 0) is 47.4 Å². The molecule has 0 aromatic heterocycles. The summed E-state index contributed by atoms with van der Waals surface area (Å²) in [7, 11) is 0. The van der Waals surface area contributed by atoms with E-state index in [9.17, 15) is 15.3 Å². The highest BCUT2D eigenvalue weighted by atomic mass is 16.3. The second kappa shape index (κ2) is 4.84. The second-order valence-corrected chi connectivity index (χ2v) is 4.18. The van der Waals surface area contributed by atoms with E-state index in [2.05, 4.69) is 6.58 Å². The van der Waals surface area contributed by atoms with Gasteiger partial charge in [-0.3, -0.25) is 0 Å².